The van der Waals surface area contributed by atoms with Crippen molar-refractivity contribution in [1.29, 1.82) is 0 Å². The van der Waals surface area contributed by atoms with Crippen molar-refractivity contribution in [2.45, 2.75) is 30.6 Å². The third-order valence-electron chi connectivity index (χ3n) is 5.08. The Morgan fingerprint density at radius 2 is 1.97 bits per heavy atom. The van der Waals surface area contributed by atoms with Crippen LogP contribution >= 0.6 is 11.8 Å². The number of nitrogens with zero attached hydrogens (tertiary/aromatic N) is 3. The van der Waals surface area contributed by atoms with Gasteiger partial charge < -0.3 is 9.64 Å². The number of carbonyl (C=O) groups is 1. The van der Waals surface area contributed by atoms with E-state index in [-0.39, 0.29) is 23.3 Å². The zero-order valence-electron chi connectivity index (χ0n) is 16.3. The molecule has 0 spiro atoms. The van der Waals surface area contributed by atoms with Gasteiger partial charge in [-0.25, -0.2) is 4.98 Å². The molecule has 4 rings (SSSR count). The third-order valence-corrected chi connectivity index (χ3v) is 6.04. The first-order valence-corrected chi connectivity index (χ1v) is 10.7. The Morgan fingerprint density at radius 1 is 1.21 bits per heavy atom. The quantitative estimate of drug-likeness (QED) is 0.462. The molecule has 150 valence electrons. The van der Waals surface area contributed by atoms with Gasteiger partial charge in [0.05, 0.1) is 29.3 Å². The lowest BCUT2D eigenvalue weighted by Crippen LogP contribution is -2.30. The molecule has 1 aliphatic heterocycles. The first kappa shape index (κ1) is 19.7. The van der Waals surface area contributed by atoms with Crippen LogP contribution in [0.5, 0.6) is 0 Å². The molecule has 0 N–H and O–H groups in total. The summed E-state index contributed by atoms with van der Waals surface area (Å²) in [5.41, 5.74) is 1.39. The molecule has 1 unspecified atom stereocenters. The average Bonchev–Trinajstić information content (AvgIpc) is 3.27. The minimum Gasteiger partial charge on any atom is -0.376 e. The van der Waals surface area contributed by atoms with Crippen LogP contribution in [-0.4, -0.2) is 41.0 Å². The van der Waals surface area contributed by atoms with E-state index in [1.54, 1.807) is 22.6 Å². The maximum atomic E-state index is 13.1. The van der Waals surface area contributed by atoms with Crippen molar-refractivity contribution in [3.8, 4) is 0 Å². The Labute approximate surface area is 173 Å². The summed E-state index contributed by atoms with van der Waals surface area (Å²) < 4.78 is 7.39. The SMILES string of the molecule is CN(C(=O)CSc1nc2ccccc2c(=O)n1CC1CCCO1)c1ccccc1. The van der Waals surface area contributed by atoms with Crippen molar-refractivity contribution in [3.63, 3.8) is 0 Å². The predicted octanol–water partition coefficient (Wildman–Crippen LogP) is 3.33. The average molecular weight is 410 g/mol. The summed E-state index contributed by atoms with van der Waals surface area (Å²) in [6.45, 7) is 1.19. The molecule has 0 bridgehead atoms. The lowest BCUT2D eigenvalue weighted by atomic mass is 10.2. The van der Waals surface area contributed by atoms with Gasteiger partial charge in [-0.1, -0.05) is 42.1 Å². The number of anilines is 1. The second kappa shape index (κ2) is 8.80. The van der Waals surface area contributed by atoms with Gasteiger partial charge in [0.15, 0.2) is 5.16 Å². The molecule has 1 aliphatic rings. The fraction of sp³-hybridized carbons (Fsp3) is 0.318. The van der Waals surface area contributed by atoms with E-state index in [4.69, 9.17) is 4.74 Å². The van der Waals surface area contributed by atoms with Gasteiger partial charge in [-0.3, -0.25) is 14.2 Å². The molecular formula is C22H23N3O3S. The maximum absolute atomic E-state index is 13.1. The van der Waals surface area contributed by atoms with E-state index in [9.17, 15) is 9.59 Å². The monoisotopic (exact) mass is 409 g/mol. The minimum absolute atomic E-state index is 0.0118. The van der Waals surface area contributed by atoms with Crippen LogP contribution in [0.25, 0.3) is 10.9 Å². The van der Waals surface area contributed by atoms with Gasteiger partial charge >= 0.3 is 0 Å². The largest absolute Gasteiger partial charge is 0.376 e. The van der Waals surface area contributed by atoms with Gasteiger partial charge in [-0.15, -0.1) is 0 Å². The number of carbonyl (C=O) groups excluding carboxylic acids is 1. The second-order valence-electron chi connectivity index (χ2n) is 7.04. The topological polar surface area (TPSA) is 64.4 Å². The van der Waals surface area contributed by atoms with Gasteiger partial charge in [-0.2, -0.15) is 0 Å². The van der Waals surface area contributed by atoms with E-state index in [2.05, 4.69) is 4.98 Å². The summed E-state index contributed by atoms with van der Waals surface area (Å²) >= 11 is 1.30. The molecule has 3 aromatic rings. The summed E-state index contributed by atoms with van der Waals surface area (Å²) in [5, 5.41) is 1.14. The molecule has 0 saturated carbocycles. The molecule has 1 fully saturated rings. The van der Waals surface area contributed by atoms with E-state index >= 15 is 0 Å². The van der Waals surface area contributed by atoms with Gasteiger partial charge in [0, 0.05) is 19.3 Å². The number of fused-ring (bicyclic) bond motifs is 1. The molecule has 1 aromatic heterocycles. The third kappa shape index (κ3) is 4.36. The molecule has 2 aromatic carbocycles. The van der Waals surface area contributed by atoms with Crippen molar-refractivity contribution in [2.75, 3.05) is 24.3 Å². The lowest BCUT2D eigenvalue weighted by molar-refractivity contribution is -0.115. The van der Waals surface area contributed by atoms with Crippen LogP contribution in [0, 0.1) is 0 Å². The number of para-hydroxylation sites is 2. The highest BCUT2D eigenvalue weighted by molar-refractivity contribution is 7.99. The molecule has 0 radical (unpaired) electrons. The highest BCUT2D eigenvalue weighted by Crippen LogP contribution is 2.22. The Hall–Kier alpha value is -2.64. The summed E-state index contributed by atoms with van der Waals surface area (Å²) in [6.07, 6.45) is 1.94. The summed E-state index contributed by atoms with van der Waals surface area (Å²) in [4.78, 5) is 32.1. The molecular weight excluding hydrogens is 386 g/mol. The smallest absolute Gasteiger partial charge is 0.262 e. The Morgan fingerprint density at radius 3 is 2.72 bits per heavy atom. The Bertz CT molecular complexity index is 1060. The van der Waals surface area contributed by atoms with E-state index < -0.39 is 0 Å². The number of thioether (sulfide) groups is 1. The Kier molecular flexibility index (Phi) is 5.97. The van der Waals surface area contributed by atoms with Crippen LogP contribution in [-0.2, 0) is 16.1 Å². The number of rotatable bonds is 6. The molecule has 29 heavy (non-hydrogen) atoms. The second-order valence-corrected chi connectivity index (χ2v) is 7.98. The number of hydrogen-bond acceptors (Lipinski definition) is 5. The van der Waals surface area contributed by atoms with Crippen molar-refractivity contribution in [2.24, 2.45) is 0 Å². The highest BCUT2D eigenvalue weighted by atomic mass is 32.2. The molecule has 0 aliphatic carbocycles. The van der Waals surface area contributed by atoms with Crippen LogP contribution in [0.1, 0.15) is 12.8 Å². The number of ether oxygens (including phenoxy) is 1. The lowest BCUT2D eigenvalue weighted by Gasteiger charge is -2.19. The fourth-order valence-electron chi connectivity index (χ4n) is 3.43. The first-order valence-electron chi connectivity index (χ1n) is 9.69. The number of amides is 1. The number of benzene rings is 2. The van der Waals surface area contributed by atoms with Crippen LogP contribution in [0.2, 0.25) is 0 Å². The van der Waals surface area contributed by atoms with Gasteiger partial charge in [0.2, 0.25) is 5.91 Å². The van der Waals surface area contributed by atoms with Crippen LogP contribution in [0.4, 0.5) is 5.69 Å². The zero-order chi connectivity index (χ0) is 20.2. The van der Waals surface area contributed by atoms with E-state index in [1.807, 2.05) is 48.5 Å². The molecule has 2 heterocycles. The van der Waals surface area contributed by atoms with Crippen molar-refractivity contribution in [1.82, 2.24) is 9.55 Å². The van der Waals surface area contributed by atoms with E-state index in [1.165, 1.54) is 11.8 Å². The Balaban J connectivity index is 1.59. The minimum atomic E-state index is -0.0857. The van der Waals surface area contributed by atoms with Crippen LogP contribution in [0.15, 0.2) is 64.5 Å². The van der Waals surface area contributed by atoms with E-state index in [0.717, 1.165) is 25.1 Å². The fourth-order valence-corrected chi connectivity index (χ4v) is 4.35. The zero-order valence-corrected chi connectivity index (χ0v) is 17.1. The van der Waals surface area contributed by atoms with Gasteiger partial charge in [0.1, 0.15) is 0 Å². The molecule has 1 atom stereocenters. The summed E-state index contributed by atoms with van der Waals surface area (Å²) in [6, 6.07) is 16.8. The normalized spacial score (nSPS) is 16.2. The predicted molar refractivity (Wildman–Crippen MR) is 116 cm³/mol. The van der Waals surface area contributed by atoms with Crippen molar-refractivity contribution >= 4 is 34.3 Å². The summed E-state index contributed by atoms with van der Waals surface area (Å²) in [7, 11) is 1.76. The first-order chi connectivity index (χ1) is 14.1. The highest BCUT2D eigenvalue weighted by Gasteiger charge is 2.21. The van der Waals surface area contributed by atoms with Gasteiger partial charge in [0.25, 0.3) is 5.56 Å². The molecule has 1 amide bonds. The molecule has 1 saturated heterocycles. The summed E-state index contributed by atoms with van der Waals surface area (Å²) in [5.74, 6) is 0.147. The van der Waals surface area contributed by atoms with Crippen molar-refractivity contribution < 1.29 is 9.53 Å². The number of hydrogen-bond donors (Lipinski definition) is 0. The van der Waals surface area contributed by atoms with Crippen LogP contribution < -0.4 is 10.5 Å². The van der Waals surface area contributed by atoms with Crippen LogP contribution in [0.3, 0.4) is 0 Å². The maximum Gasteiger partial charge on any atom is 0.262 e. The van der Waals surface area contributed by atoms with Crippen molar-refractivity contribution in [3.05, 3.63) is 65.0 Å². The standard InChI is InChI=1S/C22H23N3O3S/c1-24(16-8-3-2-4-9-16)20(26)15-29-22-23-19-12-6-5-11-18(19)21(27)25(22)14-17-10-7-13-28-17/h2-6,8-9,11-12,17H,7,10,13-15H2,1H3. The number of aromatic nitrogens is 2. The molecule has 6 nitrogen and oxygen atoms in total. The van der Waals surface area contributed by atoms with E-state index in [0.29, 0.717) is 22.6 Å². The van der Waals surface area contributed by atoms with Gasteiger partial charge in [-0.05, 0) is 37.1 Å². The molecule has 7 heteroatoms.